The minimum absolute atomic E-state index is 0.0310. The van der Waals surface area contributed by atoms with E-state index in [0.717, 1.165) is 34.1 Å². The Hall–Kier alpha value is -4.91. The van der Waals surface area contributed by atoms with Crippen LogP contribution in [0.4, 0.5) is 47.8 Å². The summed E-state index contributed by atoms with van der Waals surface area (Å²) in [5.74, 6) is -3.10. The second kappa shape index (κ2) is 17.6. The Morgan fingerprint density at radius 2 is 1.70 bits per heavy atom. The molecule has 4 fully saturated rings. The van der Waals surface area contributed by atoms with Crippen LogP contribution in [0.2, 0.25) is 0 Å². The highest BCUT2D eigenvalue weighted by atomic mass is 32.1. The van der Waals surface area contributed by atoms with Crippen molar-refractivity contribution in [3.05, 3.63) is 53.3 Å². The molecule has 4 amide bonds. The molecule has 2 aromatic rings. The Kier molecular flexibility index (Phi) is 13.1. The lowest BCUT2D eigenvalue weighted by atomic mass is 9.89. The van der Waals surface area contributed by atoms with E-state index in [9.17, 15) is 55.2 Å². The molecule has 0 bridgehead atoms. The number of carbonyl (C=O) groups excluding carboxylic acids is 4. The van der Waals surface area contributed by atoms with Gasteiger partial charge in [0.15, 0.2) is 5.11 Å². The highest BCUT2D eigenvalue weighted by Gasteiger charge is 2.53. The Morgan fingerprint density at radius 3 is 2.35 bits per heavy atom. The molecular formula is C39H43F7N8O5S. The van der Waals surface area contributed by atoms with E-state index < -0.39 is 83.6 Å². The number of anilines is 3. The molecule has 4 aliphatic rings. The monoisotopic (exact) mass is 868 g/mol. The van der Waals surface area contributed by atoms with Crippen molar-refractivity contribution in [1.82, 2.24) is 20.0 Å². The van der Waals surface area contributed by atoms with Gasteiger partial charge in [0.2, 0.25) is 17.7 Å². The van der Waals surface area contributed by atoms with Gasteiger partial charge in [0.1, 0.15) is 23.4 Å². The van der Waals surface area contributed by atoms with Gasteiger partial charge in [-0.3, -0.25) is 39.2 Å². The summed E-state index contributed by atoms with van der Waals surface area (Å²) in [5, 5.41) is 16.7. The van der Waals surface area contributed by atoms with Crippen LogP contribution < -0.4 is 20.9 Å². The number of nitriles is 1. The Bertz CT molecular complexity index is 2050. The molecule has 0 aromatic heterocycles. The minimum atomic E-state index is -4.83. The first kappa shape index (κ1) is 44.6. The van der Waals surface area contributed by atoms with E-state index in [1.165, 1.54) is 18.2 Å². The van der Waals surface area contributed by atoms with Crippen molar-refractivity contribution in [3.8, 4) is 6.07 Å². The summed E-state index contributed by atoms with van der Waals surface area (Å²) in [5.41, 5.74) is -2.93. The van der Waals surface area contributed by atoms with Crippen LogP contribution in [0.15, 0.2) is 36.4 Å². The highest BCUT2D eigenvalue weighted by Crippen LogP contribution is 2.41. The Labute approximate surface area is 346 Å². The van der Waals surface area contributed by atoms with E-state index in [2.05, 4.69) is 16.0 Å². The van der Waals surface area contributed by atoms with Gasteiger partial charge in [-0.05, 0) is 94.6 Å². The average molecular weight is 869 g/mol. The molecule has 324 valence electrons. The minimum Gasteiger partial charge on any atom is -0.377 e. The third-order valence-electron chi connectivity index (χ3n) is 11.2. The van der Waals surface area contributed by atoms with Gasteiger partial charge in [-0.2, -0.15) is 31.6 Å². The summed E-state index contributed by atoms with van der Waals surface area (Å²) in [6.45, 7) is 2.70. The van der Waals surface area contributed by atoms with Crippen molar-refractivity contribution in [1.29, 1.82) is 5.26 Å². The summed E-state index contributed by atoms with van der Waals surface area (Å²) >= 11 is 5.66. The topological polar surface area (TPSA) is 150 Å². The van der Waals surface area contributed by atoms with Crippen molar-refractivity contribution in [2.75, 3.05) is 54.9 Å². The van der Waals surface area contributed by atoms with Gasteiger partial charge in [-0.1, -0.05) is 0 Å². The second-order valence-electron chi connectivity index (χ2n) is 15.7. The predicted molar refractivity (Wildman–Crippen MR) is 207 cm³/mol. The Balaban J connectivity index is 0.980. The molecule has 0 radical (unpaired) electrons. The molecule has 2 atom stereocenters. The number of hydrogen-bond acceptors (Lipinski definition) is 10. The highest BCUT2D eigenvalue weighted by molar-refractivity contribution is 7.80. The third kappa shape index (κ3) is 9.99. The zero-order chi connectivity index (χ0) is 43.7. The van der Waals surface area contributed by atoms with Crippen LogP contribution in [0.5, 0.6) is 0 Å². The van der Waals surface area contributed by atoms with E-state index in [-0.39, 0.29) is 73.4 Å². The van der Waals surface area contributed by atoms with Crippen LogP contribution in [-0.2, 0) is 30.1 Å². The maximum Gasteiger partial charge on any atom is 0.417 e. The van der Waals surface area contributed by atoms with Gasteiger partial charge in [0.05, 0.1) is 42.1 Å². The SMILES string of the molecule is CC1(C)C(=O)N(c2ccc(C#N)c(C(F)(F)F)c2)C(=S)N1C1CCC(OCCN2CCN(CC(=O)Nc3cc(F)cc(NC4CCC(=O)NC4=O)c3)[C@@H](C(F)(F)F)C2)CC1. The molecular weight excluding hydrogens is 826 g/mol. The standard InChI is InChI=1S/C39H43F7N8O5S/c1-37(2)35(58)53(27-4-3-22(19-47)29(18-27)38(41,42)43)36(60)54(37)26-5-7-28(8-6-26)59-14-13-51-11-12-52(31(20-51)39(44,45)46)21-33(56)49-25-16-23(40)15-24(17-25)48-30-9-10-32(55)50-34(30)57/h3-4,15-18,26,28,30-31,48H,5-14,20-21H2,1-2H3,(H,49,56)(H,50,55,57)/t26?,28?,30?,31-/m1/s1. The number of benzene rings is 2. The number of hydrogen-bond donors (Lipinski definition) is 3. The fraction of sp³-hybridized carbons (Fsp3) is 0.538. The zero-order valence-corrected chi connectivity index (χ0v) is 33.4. The van der Waals surface area contributed by atoms with Crippen LogP contribution in [0, 0.1) is 17.1 Å². The van der Waals surface area contributed by atoms with Crippen molar-refractivity contribution < 1.29 is 54.6 Å². The maximum absolute atomic E-state index is 14.4. The average Bonchev–Trinajstić information content (AvgIpc) is 3.34. The lowest BCUT2D eigenvalue weighted by Crippen LogP contribution is -2.60. The summed E-state index contributed by atoms with van der Waals surface area (Å²) in [6.07, 6.45) is -7.34. The fourth-order valence-corrected chi connectivity index (χ4v) is 8.78. The number of nitrogens with zero attached hydrogens (tertiary/aromatic N) is 5. The van der Waals surface area contributed by atoms with Crippen LogP contribution in [0.1, 0.15) is 63.5 Å². The zero-order valence-electron chi connectivity index (χ0n) is 32.6. The normalized spacial score (nSPS) is 24.3. The molecule has 1 unspecified atom stereocenters. The number of amides is 4. The summed E-state index contributed by atoms with van der Waals surface area (Å²) in [7, 11) is 0. The van der Waals surface area contributed by atoms with Crippen molar-refractivity contribution >= 4 is 58.0 Å². The lowest BCUT2D eigenvalue weighted by Gasteiger charge is -2.42. The second-order valence-corrected chi connectivity index (χ2v) is 16.1. The summed E-state index contributed by atoms with van der Waals surface area (Å²) in [6, 6.07) is 4.93. The van der Waals surface area contributed by atoms with E-state index in [4.69, 9.17) is 17.0 Å². The fourth-order valence-electron chi connectivity index (χ4n) is 8.22. The predicted octanol–water partition coefficient (Wildman–Crippen LogP) is 5.16. The number of imide groups is 1. The van der Waals surface area contributed by atoms with Gasteiger partial charge in [0, 0.05) is 50.0 Å². The first-order chi connectivity index (χ1) is 28.1. The van der Waals surface area contributed by atoms with Gasteiger partial charge in [0.25, 0.3) is 5.91 Å². The van der Waals surface area contributed by atoms with E-state index >= 15 is 0 Å². The molecule has 0 spiro atoms. The first-order valence-corrected chi connectivity index (χ1v) is 19.7. The number of rotatable bonds is 11. The van der Waals surface area contributed by atoms with Crippen molar-refractivity contribution in [2.24, 2.45) is 0 Å². The van der Waals surface area contributed by atoms with Crippen molar-refractivity contribution in [3.63, 3.8) is 0 Å². The lowest BCUT2D eigenvalue weighted by molar-refractivity contribution is -0.197. The number of piperazine rings is 1. The maximum atomic E-state index is 14.4. The number of ether oxygens (including phenoxy) is 1. The number of halogens is 7. The van der Waals surface area contributed by atoms with Gasteiger partial charge >= 0.3 is 12.4 Å². The molecule has 1 aliphatic carbocycles. The van der Waals surface area contributed by atoms with Gasteiger partial charge in [-0.25, -0.2) is 4.39 Å². The van der Waals surface area contributed by atoms with Crippen LogP contribution >= 0.6 is 12.2 Å². The Morgan fingerprint density at radius 1 is 1.00 bits per heavy atom. The van der Waals surface area contributed by atoms with Gasteiger partial charge in [-0.15, -0.1) is 0 Å². The van der Waals surface area contributed by atoms with E-state index in [1.54, 1.807) is 23.6 Å². The first-order valence-electron chi connectivity index (χ1n) is 19.3. The molecule has 3 aliphatic heterocycles. The summed E-state index contributed by atoms with van der Waals surface area (Å²) < 4.78 is 105. The number of nitrogens with one attached hydrogen (secondary N) is 3. The number of piperidine rings is 1. The molecule has 2 aromatic carbocycles. The molecule has 3 N–H and O–H groups in total. The molecule has 3 saturated heterocycles. The van der Waals surface area contributed by atoms with E-state index in [1.807, 2.05) is 0 Å². The number of thiocarbonyl (C=S) groups is 1. The van der Waals surface area contributed by atoms with Crippen LogP contribution in [-0.4, -0.2) is 119 Å². The molecule has 60 heavy (non-hydrogen) atoms. The van der Waals surface area contributed by atoms with Gasteiger partial charge < -0.3 is 20.3 Å². The quantitative estimate of drug-likeness (QED) is 0.156. The third-order valence-corrected chi connectivity index (χ3v) is 11.6. The number of carbonyl (C=O) groups is 4. The smallest absolute Gasteiger partial charge is 0.377 e. The van der Waals surface area contributed by atoms with Crippen LogP contribution in [0.25, 0.3) is 0 Å². The largest absolute Gasteiger partial charge is 0.417 e. The molecule has 1 saturated carbocycles. The summed E-state index contributed by atoms with van der Waals surface area (Å²) in [4.78, 5) is 55.5. The molecule has 13 nitrogen and oxygen atoms in total. The molecule has 6 rings (SSSR count). The number of alkyl halides is 6. The molecule has 3 heterocycles. The van der Waals surface area contributed by atoms with Crippen molar-refractivity contribution in [2.45, 2.75) is 94.5 Å². The van der Waals surface area contributed by atoms with E-state index in [0.29, 0.717) is 25.7 Å². The molecule has 21 heteroatoms. The van der Waals surface area contributed by atoms with Crippen LogP contribution in [0.3, 0.4) is 0 Å².